The number of aryl methyl sites for hydroxylation is 2. The normalized spacial score (nSPS) is 11.6. The molecule has 0 aliphatic carbocycles. The van der Waals surface area contributed by atoms with E-state index in [0.29, 0.717) is 23.4 Å². The van der Waals surface area contributed by atoms with Gasteiger partial charge in [-0.3, -0.25) is 10.5 Å². The van der Waals surface area contributed by atoms with E-state index in [9.17, 15) is 8.42 Å². The number of nitrogens with zero attached hydrogens (tertiary/aromatic N) is 3. The van der Waals surface area contributed by atoms with Gasteiger partial charge in [-0.25, -0.2) is 13.1 Å². The van der Waals surface area contributed by atoms with Crippen LogP contribution in [0.4, 0.5) is 5.69 Å². The van der Waals surface area contributed by atoms with E-state index >= 15 is 0 Å². The Hall–Kier alpha value is -1.97. The first-order valence-corrected chi connectivity index (χ1v) is 7.84. The maximum atomic E-state index is 12.4. The Morgan fingerprint density at radius 1 is 1.29 bits per heavy atom. The Bertz CT molecular complexity index is 688. The summed E-state index contributed by atoms with van der Waals surface area (Å²) in [5.74, 6) is 5.35. The molecule has 4 N–H and O–H groups in total. The van der Waals surface area contributed by atoms with Gasteiger partial charge in [0.05, 0.1) is 17.6 Å². The summed E-state index contributed by atoms with van der Waals surface area (Å²) in [6.07, 6.45) is 3.22. The van der Waals surface area contributed by atoms with Gasteiger partial charge in [-0.1, -0.05) is 5.21 Å². The highest BCUT2D eigenvalue weighted by atomic mass is 32.2. The summed E-state index contributed by atoms with van der Waals surface area (Å²) in [5.41, 5.74) is 4.46. The minimum absolute atomic E-state index is 0.238. The van der Waals surface area contributed by atoms with Crippen molar-refractivity contribution in [2.75, 3.05) is 12.0 Å². The van der Waals surface area contributed by atoms with Crippen LogP contribution in [0, 0.1) is 13.8 Å². The lowest BCUT2D eigenvalue weighted by Gasteiger charge is -2.13. The largest absolute Gasteiger partial charge is 0.324 e. The number of nitrogens with one attached hydrogen (secondary N) is 2. The zero-order valence-corrected chi connectivity index (χ0v) is 12.7. The van der Waals surface area contributed by atoms with Gasteiger partial charge in [0.2, 0.25) is 10.0 Å². The molecule has 114 valence electrons. The molecular weight excluding hydrogens is 292 g/mol. The van der Waals surface area contributed by atoms with Crippen LogP contribution in [0.3, 0.4) is 0 Å². The maximum Gasteiger partial charge on any atom is 0.241 e. The van der Waals surface area contributed by atoms with Gasteiger partial charge in [-0.15, -0.1) is 5.10 Å². The molecule has 1 heterocycles. The van der Waals surface area contributed by atoms with Gasteiger partial charge < -0.3 is 5.43 Å². The molecule has 0 aliphatic rings. The monoisotopic (exact) mass is 310 g/mol. The maximum absolute atomic E-state index is 12.4. The number of rotatable bonds is 6. The Balaban J connectivity index is 2.15. The topological polar surface area (TPSA) is 115 Å². The van der Waals surface area contributed by atoms with Gasteiger partial charge in [0.1, 0.15) is 0 Å². The molecule has 1 aromatic carbocycles. The number of nitrogen functional groups attached to an aromatic ring is 1. The molecule has 0 spiro atoms. The van der Waals surface area contributed by atoms with Crippen LogP contribution >= 0.6 is 0 Å². The average Bonchev–Trinajstić information content (AvgIpc) is 2.90. The van der Waals surface area contributed by atoms with E-state index in [2.05, 4.69) is 20.5 Å². The third-order valence-corrected chi connectivity index (χ3v) is 4.77. The van der Waals surface area contributed by atoms with Crippen molar-refractivity contribution in [1.82, 2.24) is 19.7 Å². The van der Waals surface area contributed by atoms with Crippen molar-refractivity contribution in [3.8, 4) is 0 Å². The minimum Gasteiger partial charge on any atom is -0.324 e. The van der Waals surface area contributed by atoms with Crippen molar-refractivity contribution >= 4 is 15.7 Å². The first-order valence-electron chi connectivity index (χ1n) is 6.35. The summed E-state index contributed by atoms with van der Waals surface area (Å²) >= 11 is 0. The van der Waals surface area contributed by atoms with Crippen molar-refractivity contribution in [2.24, 2.45) is 5.84 Å². The smallest absolute Gasteiger partial charge is 0.241 e. The molecule has 0 saturated carbocycles. The first-order chi connectivity index (χ1) is 9.94. The van der Waals surface area contributed by atoms with Gasteiger partial charge >= 0.3 is 0 Å². The van der Waals surface area contributed by atoms with Crippen LogP contribution in [0.5, 0.6) is 0 Å². The summed E-state index contributed by atoms with van der Waals surface area (Å²) in [5, 5.41) is 7.44. The number of hydrogen-bond acceptors (Lipinski definition) is 6. The van der Waals surface area contributed by atoms with Crippen LogP contribution in [0.1, 0.15) is 11.1 Å². The molecule has 21 heavy (non-hydrogen) atoms. The quantitative estimate of drug-likeness (QED) is 0.517. The fourth-order valence-corrected chi connectivity index (χ4v) is 3.65. The second-order valence-corrected chi connectivity index (χ2v) is 6.35. The van der Waals surface area contributed by atoms with Crippen LogP contribution in [-0.2, 0) is 16.6 Å². The fraction of sp³-hybridized carbons (Fsp3) is 0.333. The van der Waals surface area contributed by atoms with Crippen molar-refractivity contribution in [1.29, 1.82) is 0 Å². The third kappa shape index (κ3) is 3.57. The second-order valence-electron chi connectivity index (χ2n) is 4.65. The van der Waals surface area contributed by atoms with Gasteiger partial charge in [-0.2, -0.15) is 0 Å². The second kappa shape index (κ2) is 6.20. The van der Waals surface area contributed by atoms with Crippen LogP contribution in [0.15, 0.2) is 29.4 Å². The Kier molecular flexibility index (Phi) is 4.56. The summed E-state index contributed by atoms with van der Waals surface area (Å²) in [6.45, 7) is 4.13. The van der Waals surface area contributed by atoms with E-state index in [1.165, 1.54) is 0 Å². The number of anilines is 1. The number of hydrazine groups is 1. The Morgan fingerprint density at radius 2 is 1.95 bits per heavy atom. The molecular formula is C12H18N6O2S. The summed E-state index contributed by atoms with van der Waals surface area (Å²) in [6, 6.07) is 3.39. The standard InChI is InChI=1S/C12H18N6O2S/c1-9-7-11(16-13)8-10(2)12(9)21(19,20)15-4-6-18-5-3-14-17-18/h3,5,7-8,15-16H,4,6,13H2,1-2H3. The van der Waals surface area contributed by atoms with E-state index in [0.717, 1.165) is 0 Å². The van der Waals surface area contributed by atoms with Crippen LogP contribution in [-0.4, -0.2) is 30.0 Å². The highest BCUT2D eigenvalue weighted by Crippen LogP contribution is 2.23. The molecule has 0 bridgehead atoms. The molecule has 0 radical (unpaired) electrons. The van der Waals surface area contributed by atoms with Gasteiger partial charge in [0, 0.05) is 18.4 Å². The summed E-state index contributed by atoms with van der Waals surface area (Å²) in [4.78, 5) is 0.278. The van der Waals surface area contributed by atoms with Crippen LogP contribution < -0.4 is 16.0 Å². The average molecular weight is 310 g/mol. The molecule has 8 nitrogen and oxygen atoms in total. The molecule has 2 rings (SSSR count). The molecule has 0 aliphatic heterocycles. The van der Waals surface area contributed by atoms with Crippen molar-refractivity contribution in [2.45, 2.75) is 25.3 Å². The Labute approximate surface area is 123 Å². The van der Waals surface area contributed by atoms with Crippen molar-refractivity contribution < 1.29 is 8.42 Å². The fourth-order valence-electron chi connectivity index (χ4n) is 2.18. The summed E-state index contributed by atoms with van der Waals surface area (Å²) < 4.78 is 28.9. The summed E-state index contributed by atoms with van der Waals surface area (Å²) in [7, 11) is -3.58. The zero-order valence-electron chi connectivity index (χ0n) is 11.9. The highest BCUT2D eigenvalue weighted by Gasteiger charge is 2.19. The van der Waals surface area contributed by atoms with Gasteiger partial charge in [0.15, 0.2) is 0 Å². The van der Waals surface area contributed by atoms with Gasteiger partial charge in [-0.05, 0) is 37.1 Å². The first kappa shape index (κ1) is 15.4. The van der Waals surface area contributed by atoms with Gasteiger partial charge in [0.25, 0.3) is 0 Å². The Morgan fingerprint density at radius 3 is 2.48 bits per heavy atom. The molecule has 0 unspecified atom stereocenters. The molecule has 0 fully saturated rings. The molecule has 1 aromatic heterocycles. The molecule has 0 saturated heterocycles. The van der Waals surface area contributed by atoms with Crippen molar-refractivity contribution in [3.63, 3.8) is 0 Å². The van der Waals surface area contributed by atoms with Crippen LogP contribution in [0.2, 0.25) is 0 Å². The van der Waals surface area contributed by atoms with Crippen LogP contribution in [0.25, 0.3) is 0 Å². The predicted molar refractivity (Wildman–Crippen MR) is 78.9 cm³/mol. The molecule has 0 amide bonds. The molecule has 2 aromatic rings. The predicted octanol–water partition coefficient (Wildman–Crippen LogP) is 0.159. The number of aromatic nitrogens is 3. The number of hydrogen-bond donors (Lipinski definition) is 3. The highest BCUT2D eigenvalue weighted by molar-refractivity contribution is 7.89. The lowest BCUT2D eigenvalue weighted by molar-refractivity contribution is 0.552. The lowest BCUT2D eigenvalue weighted by Crippen LogP contribution is -2.29. The minimum atomic E-state index is -3.58. The zero-order chi connectivity index (χ0) is 15.5. The third-order valence-electron chi connectivity index (χ3n) is 3.00. The van der Waals surface area contributed by atoms with E-state index in [-0.39, 0.29) is 11.4 Å². The van der Waals surface area contributed by atoms with E-state index in [1.807, 2.05) is 0 Å². The SMILES string of the molecule is Cc1cc(NN)cc(C)c1S(=O)(=O)NCCn1ccnn1. The van der Waals surface area contributed by atoms with E-state index < -0.39 is 10.0 Å². The number of nitrogens with two attached hydrogens (primary N) is 1. The number of benzene rings is 1. The number of sulfonamides is 1. The van der Waals surface area contributed by atoms with E-state index in [1.54, 1.807) is 43.1 Å². The van der Waals surface area contributed by atoms with E-state index in [4.69, 9.17) is 5.84 Å². The molecule has 0 atom stereocenters. The van der Waals surface area contributed by atoms with Crippen molar-refractivity contribution in [3.05, 3.63) is 35.7 Å². The molecule has 9 heteroatoms. The lowest BCUT2D eigenvalue weighted by atomic mass is 10.1.